The third kappa shape index (κ3) is 1.96. The molecule has 0 aromatic carbocycles. The topological polar surface area (TPSA) is 74.6 Å². The summed E-state index contributed by atoms with van der Waals surface area (Å²) in [5.41, 5.74) is 0. The smallest absolute Gasteiger partial charge is 0.324 e. The van der Waals surface area contributed by atoms with Gasteiger partial charge in [0.05, 0.1) is 0 Å². The summed E-state index contributed by atoms with van der Waals surface area (Å²) in [6.45, 7) is 0. The molecule has 0 aromatic heterocycles. The van der Waals surface area contributed by atoms with Gasteiger partial charge in [-0.2, -0.15) is 0 Å². The van der Waals surface area contributed by atoms with Crippen molar-refractivity contribution in [1.82, 2.24) is 0 Å². The van der Waals surface area contributed by atoms with Crippen LogP contribution in [0, 0.1) is 0 Å². The Bertz CT molecular complexity index is 253. The summed E-state index contributed by atoms with van der Waals surface area (Å²) in [6, 6.07) is 0. The highest BCUT2D eigenvalue weighted by atomic mass is 35.5. The lowest BCUT2D eigenvalue weighted by molar-refractivity contribution is -0.115. The summed E-state index contributed by atoms with van der Waals surface area (Å²) < 4.78 is 11.1. The van der Waals surface area contributed by atoms with Crippen molar-refractivity contribution in [3.8, 4) is 0 Å². The molecular formula is C7H12ClO4P. The molecule has 0 atom stereocenters. The van der Waals surface area contributed by atoms with E-state index in [1.165, 1.54) is 0 Å². The number of hydrogen-bond donors (Lipinski definition) is 2. The van der Waals surface area contributed by atoms with Crippen LogP contribution in [0.2, 0.25) is 0 Å². The minimum Gasteiger partial charge on any atom is -0.324 e. The van der Waals surface area contributed by atoms with E-state index in [1.54, 1.807) is 0 Å². The molecule has 0 unspecified atom stereocenters. The molecule has 0 aliphatic heterocycles. The molecule has 0 saturated heterocycles. The van der Waals surface area contributed by atoms with Gasteiger partial charge >= 0.3 is 7.60 Å². The molecule has 76 valence electrons. The molecule has 0 heterocycles. The van der Waals surface area contributed by atoms with Crippen molar-refractivity contribution in [2.45, 2.75) is 37.3 Å². The van der Waals surface area contributed by atoms with Gasteiger partial charge in [-0.3, -0.25) is 9.36 Å². The number of carbonyl (C=O) groups is 1. The average molecular weight is 227 g/mol. The number of hydrogen-bond acceptors (Lipinski definition) is 2. The van der Waals surface area contributed by atoms with Crippen LogP contribution in [0.3, 0.4) is 0 Å². The second kappa shape index (κ2) is 3.70. The summed E-state index contributed by atoms with van der Waals surface area (Å²) in [7, 11) is -4.41. The van der Waals surface area contributed by atoms with Crippen LogP contribution in [0.1, 0.15) is 32.1 Å². The lowest BCUT2D eigenvalue weighted by atomic mass is 9.89. The van der Waals surface area contributed by atoms with E-state index in [0.717, 1.165) is 6.42 Å². The Hall–Kier alpha value is 0.110. The fraction of sp³-hybridized carbons (Fsp3) is 0.857. The predicted octanol–water partition coefficient (Wildman–Crippen LogP) is 1.63. The standard InChI is InChI=1S/C7H12ClO4P/c8-6(9)7(13(10,11)12)4-2-1-3-5-7/h1-5H2,(H2,10,11,12). The normalized spacial score (nSPS) is 22.7. The van der Waals surface area contributed by atoms with E-state index in [0.29, 0.717) is 12.8 Å². The SMILES string of the molecule is O=C(Cl)C1(P(=O)(O)O)CCCCC1. The highest BCUT2D eigenvalue weighted by Gasteiger charge is 2.52. The molecule has 1 rings (SSSR count). The van der Waals surface area contributed by atoms with Crippen molar-refractivity contribution in [3.05, 3.63) is 0 Å². The van der Waals surface area contributed by atoms with Crippen molar-refractivity contribution >= 4 is 24.4 Å². The van der Waals surface area contributed by atoms with Crippen LogP contribution in [-0.4, -0.2) is 20.2 Å². The van der Waals surface area contributed by atoms with Crippen molar-refractivity contribution in [1.29, 1.82) is 0 Å². The minimum atomic E-state index is -4.41. The average Bonchev–Trinajstić information content (AvgIpc) is 2.03. The fourth-order valence-corrected chi connectivity index (χ4v) is 3.39. The van der Waals surface area contributed by atoms with E-state index in [1.807, 2.05) is 0 Å². The minimum absolute atomic E-state index is 0.208. The lowest BCUT2D eigenvalue weighted by Gasteiger charge is -2.33. The number of halogens is 1. The van der Waals surface area contributed by atoms with Gasteiger partial charge in [0.1, 0.15) is 5.16 Å². The molecule has 0 aromatic rings. The highest BCUT2D eigenvalue weighted by Crippen LogP contribution is 2.58. The number of carbonyl (C=O) groups excluding carboxylic acids is 1. The Kier molecular flexibility index (Phi) is 3.18. The van der Waals surface area contributed by atoms with E-state index in [4.69, 9.17) is 21.4 Å². The van der Waals surface area contributed by atoms with Gasteiger partial charge in [0.15, 0.2) is 0 Å². The van der Waals surface area contributed by atoms with Crippen molar-refractivity contribution in [3.63, 3.8) is 0 Å². The molecule has 1 aliphatic carbocycles. The van der Waals surface area contributed by atoms with Gasteiger partial charge in [-0.05, 0) is 24.4 Å². The molecule has 1 aliphatic rings. The van der Waals surface area contributed by atoms with Crippen LogP contribution in [-0.2, 0) is 9.36 Å². The van der Waals surface area contributed by atoms with E-state index in [9.17, 15) is 9.36 Å². The van der Waals surface area contributed by atoms with E-state index in [2.05, 4.69) is 0 Å². The first-order chi connectivity index (χ1) is 5.90. The van der Waals surface area contributed by atoms with Gasteiger partial charge in [-0.15, -0.1) is 0 Å². The second-order valence-corrected chi connectivity index (χ2v) is 5.70. The van der Waals surface area contributed by atoms with Crippen LogP contribution in [0.4, 0.5) is 0 Å². The molecule has 2 N–H and O–H groups in total. The third-order valence-corrected chi connectivity index (χ3v) is 4.86. The molecule has 1 saturated carbocycles. The van der Waals surface area contributed by atoms with E-state index >= 15 is 0 Å². The van der Waals surface area contributed by atoms with Gasteiger partial charge in [0.25, 0.3) is 0 Å². The molecule has 1 fully saturated rings. The summed E-state index contributed by atoms with van der Waals surface area (Å²) in [5, 5.41) is -2.48. The monoisotopic (exact) mass is 226 g/mol. The van der Waals surface area contributed by atoms with Gasteiger partial charge in [0, 0.05) is 0 Å². The largest absolute Gasteiger partial charge is 0.340 e. The molecule has 6 heteroatoms. The fourth-order valence-electron chi connectivity index (χ4n) is 1.74. The zero-order chi connectivity index (χ0) is 10.1. The Morgan fingerprint density at radius 2 is 1.69 bits per heavy atom. The van der Waals surface area contributed by atoms with Gasteiger partial charge in [0.2, 0.25) is 5.24 Å². The van der Waals surface area contributed by atoms with Crippen molar-refractivity contribution in [2.75, 3.05) is 0 Å². The summed E-state index contributed by atoms with van der Waals surface area (Å²) in [5.74, 6) is 0. The van der Waals surface area contributed by atoms with Gasteiger partial charge in [-0.1, -0.05) is 19.3 Å². The predicted molar refractivity (Wildman–Crippen MR) is 48.7 cm³/mol. The maximum atomic E-state index is 11.1. The highest BCUT2D eigenvalue weighted by molar-refractivity contribution is 7.55. The summed E-state index contributed by atoms with van der Waals surface area (Å²) >= 11 is 5.27. The molecular weight excluding hydrogens is 214 g/mol. The first-order valence-electron chi connectivity index (χ1n) is 4.16. The quantitative estimate of drug-likeness (QED) is 0.554. The Morgan fingerprint density at radius 3 is 1.92 bits per heavy atom. The maximum absolute atomic E-state index is 11.1. The van der Waals surface area contributed by atoms with Crippen LogP contribution in [0.5, 0.6) is 0 Å². The van der Waals surface area contributed by atoms with Gasteiger partial charge < -0.3 is 9.79 Å². The van der Waals surface area contributed by atoms with Crippen molar-refractivity contribution in [2.24, 2.45) is 0 Å². The molecule has 13 heavy (non-hydrogen) atoms. The van der Waals surface area contributed by atoms with Crippen LogP contribution < -0.4 is 0 Å². The van der Waals surface area contributed by atoms with Gasteiger partial charge in [-0.25, -0.2) is 0 Å². The maximum Gasteiger partial charge on any atom is 0.340 e. The zero-order valence-corrected chi connectivity index (χ0v) is 8.72. The lowest BCUT2D eigenvalue weighted by Crippen LogP contribution is -2.37. The van der Waals surface area contributed by atoms with Crippen LogP contribution in [0.25, 0.3) is 0 Å². The Morgan fingerprint density at radius 1 is 1.23 bits per heavy atom. The summed E-state index contributed by atoms with van der Waals surface area (Å²) in [4.78, 5) is 29.2. The second-order valence-electron chi connectivity index (χ2n) is 3.41. The van der Waals surface area contributed by atoms with E-state index < -0.39 is 18.0 Å². The third-order valence-electron chi connectivity index (χ3n) is 2.60. The molecule has 0 bridgehead atoms. The van der Waals surface area contributed by atoms with Crippen LogP contribution in [0.15, 0.2) is 0 Å². The first kappa shape index (κ1) is 11.2. The van der Waals surface area contributed by atoms with Crippen molar-refractivity contribution < 1.29 is 19.1 Å². The molecule has 0 spiro atoms. The van der Waals surface area contributed by atoms with Crippen LogP contribution >= 0.6 is 19.2 Å². The number of rotatable bonds is 2. The first-order valence-corrected chi connectivity index (χ1v) is 6.15. The molecule has 0 amide bonds. The van der Waals surface area contributed by atoms with E-state index in [-0.39, 0.29) is 12.8 Å². The Labute approximate surface area is 81.4 Å². The Balaban J connectivity index is 3.00. The zero-order valence-electron chi connectivity index (χ0n) is 7.07. The summed E-state index contributed by atoms with van der Waals surface area (Å²) in [6.07, 6.45) is 2.64. The molecule has 4 nitrogen and oxygen atoms in total. The molecule has 0 radical (unpaired) electrons.